The Hall–Kier alpha value is -0.455. The molecule has 3 N–H and O–H groups in total. The van der Waals surface area contributed by atoms with E-state index in [2.05, 4.69) is 0 Å². The van der Waals surface area contributed by atoms with E-state index in [1.165, 1.54) is 11.8 Å². The molecule has 0 spiro atoms. The van der Waals surface area contributed by atoms with Crippen LogP contribution in [-0.4, -0.2) is 47.5 Å². The second-order valence-corrected chi connectivity index (χ2v) is 1.97. The molecule has 0 fully saturated rings. The molecule has 0 aliphatic carbocycles. The summed E-state index contributed by atoms with van der Waals surface area (Å²) in [6.07, 6.45) is 0. The number of hydrogen-bond acceptors (Lipinski definition) is 4. The third-order valence-corrected chi connectivity index (χ3v) is 0.847. The molecule has 60 valence electrons. The molecule has 10 heavy (non-hydrogen) atoms. The quantitative estimate of drug-likeness (QED) is 0.301. The zero-order valence-corrected chi connectivity index (χ0v) is 6.27. The minimum atomic E-state index is -1.67. The molecule has 0 aromatic heterocycles. The van der Waals surface area contributed by atoms with Gasteiger partial charge in [-0.3, -0.25) is 4.90 Å². The SMILES string of the molecule is CN(C)C(C)(O)O.O=BO. The first-order valence-corrected chi connectivity index (χ1v) is 2.56. The number of hydrogen-bond donors (Lipinski definition) is 3. The summed E-state index contributed by atoms with van der Waals surface area (Å²) in [5, 5.41) is 24.0. The van der Waals surface area contributed by atoms with Gasteiger partial charge >= 0.3 is 17.1 Å². The Balaban J connectivity index is 0. The fourth-order valence-corrected chi connectivity index (χ4v) is 0. The molecule has 0 aliphatic rings. The molecule has 0 bridgehead atoms. The van der Waals surface area contributed by atoms with Crippen LogP contribution in [0.25, 0.3) is 0 Å². The van der Waals surface area contributed by atoms with Gasteiger partial charge in [0, 0.05) is 6.92 Å². The molecule has 0 aromatic rings. The first-order valence-electron chi connectivity index (χ1n) is 2.56. The van der Waals surface area contributed by atoms with Crippen molar-refractivity contribution in [2.75, 3.05) is 14.1 Å². The molecule has 0 atom stereocenters. The summed E-state index contributed by atoms with van der Waals surface area (Å²) >= 11 is 0. The van der Waals surface area contributed by atoms with Crippen molar-refractivity contribution in [2.45, 2.75) is 12.8 Å². The van der Waals surface area contributed by atoms with E-state index in [4.69, 9.17) is 19.9 Å². The maximum absolute atomic E-state index is 8.58. The first kappa shape index (κ1) is 12.2. The van der Waals surface area contributed by atoms with Crippen LogP contribution in [0, 0.1) is 0 Å². The molecule has 0 radical (unpaired) electrons. The molecule has 0 amide bonds. The Labute approximate surface area is 60.2 Å². The molecule has 6 heteroatoms. The van der Waals surface area contributed by atoms with Crippen molar-refractivity contribution in [1.29, 1.82) is 0 Å². The average Bonchev–Trinajstić information content (AvgIpc) is 1.64. The molecular formula is C4H12BNO4. The van der Waals surface area contributed by atoms with Gasteiger partial charge in [0.2, 0.25) is 5.91 Å². The van der Waals surface area contributed by atoms with Gasteiger partial charge < -0.3 is 10.2 Å². The van der Waals surface area contributed by atoms with E-state index in [1.54, 1.807) is 14.1 Å². The summed E-state index contributed by atoms with van der Waals surface area (Å²) < 4.78 is 8.36. The van der Waals surface area contributed by atoms with E-state index in [0.717, 1.165) is 0 Å². The molecule has 5 nitrogen and oxygen atoms in total. The average molecular weight is 149 g/mol. The van der Waals surface area contributed by atoms with Gasteiger partial charge in [0.25, 0.3) is 0 Å². The second kappa shape index (κ2) is 5.34. The predicted molar refractivity (Wildman–Crippen MR) is 35.2 cm³/mol. The van der Waals surface area contributed by atoms with Gasteiger partial charge in [0.1, 0.15) is 0 Å². The van der Waals surface area contributed by atoms with Crippen LogP contribution < -0.4 is 0 Å². The van der Waals surface area contributed by atoms with Gasteiger partial charge in [0.15, 0.2) is 0 Å². The van der Waals surface area contributed by atoms with Gasteiger partial charge in [0.05, 0.1) is 0 Å². The van der Waals surface area contributed by atoms with Gasteiger partial charge in [-0.05, 0) is 14.1 Å². The van der Waals surface area contributed by atoms with Crippen LogP contribution in [0.5, 0.6) is 0 Å². The van der Waals surface area contributed by atoms with E-state index in [0.29, 0.717) is 0 Å². The zero-order chi connectivity index (χ0) is 8.78. The van der Waals surface area contributed by atoms with Crippen molar-refractivity contribution in [1.82, 2.24) is 4.90 Å². The van der Waals surface area contributed by atoms with E-state index in [9.17, 15) is 0 Å². The zero-order valence-electron chi connectivity index (χ0n) is 6.27. The van der Waals surface area contributed by atoms with Gasteiger partial charge in [-0.15, -0.1) is 0 Å². The molecule has 0 aromatic carbocycles. The molecule has 0 heterocycles. The van der Waals surface area contributed by atoms with Crippen LogP contribution in [0.1, 0.15) is 6.92 Å². The van der Waals surface area contributed by atoms with Gasteiger partial charge in [-0.1, -0.05) is 0 Å². The standard InChI is InChI=1S/C4H11NO2.BHO2/c1-4(6,7)5(2)3;2-1-3/h6-7H,1-3H3;2H. The van der Waals surface area contributed by atoms with E-state index in [-0.39, 0.29) is 7.35 Å². The number of rotatable bonds is 1. The molecule has 0 unspecified atom stereocenters. The second-order valence-electron chi connectivity index (χ2n) is 1.97. The van der Waals surface area contributed by atoms with Crippen molar-refractivity contribution in [3.63, 3.8) is 0 Å². The Morgan fingerprint density at radius 3 is 1.50 bits per heavy atom. The van der Waals surface area contributed by atoms with E-state index < -0.39 is 5.91 Å². The molecule has 0 saturated carbocycles. The topological polar surface area (TPSA) is 81.0 Å². The van der Waals surface area contributed by atoms with Gasteiger partial charge in [-0.25, -0.2) is 0 Å². The van der Waals surface area contributed by atoms with Crippen LogP contribution in [-0.2, 0) is 4.70 Å². The maximum atomic E-state index is 8.58. The minimum absolute atomic E-state index is 0.250. The molecule has 0 saturated heterocycles. The Morgan fingerprint density at radius 1 is 1.40 bits per heavy atom. The van der Waals surface area contributed by atoms with Crippen LogP contribution in [0.15, 0.2) is 0 Å². The van der Waals surface area contributed by atoms with Crippen molar-refractivity contribution in [3.05, 3.63) is 0 Å². The normalized spacial score (nSPS) is 9.80. The molecule has 0 aliphatic heterocycles. The third-order valence-electron chi connectivity index (χ3n) is 0.847. The molecule has 0 rings (SSSR count). The summed E-state index contributed by atoms with van der Waals surface area (Å²) in [6, 6.07) is 0. The number of aliphatic hydroxyl groups is 2. The third kappa shape index (κ3) is 10.5. The van der Waals surface area contributed by atoms with Crippen molar-refractivity contribution in [2.24, 2.45) is 0 Å². The van der Waals surface area contributed by atoms with Crippen LogP contribution in [0.3, 0.4) is 0 Å². The van der Waals surface area contributed by atoms with Crippen LogP contribution in [0.4, 0.5) is 0 Å². The first-order chi connectivity index (χ1) is 4.36. The fourth-order valence-electron chi connectivity index (χ4n) is 0. The predicted octanol–water partition coefficient (Wildman–Crippen LogP) is -1.85. The summed E-state index contributed by atoms with van der Waals surface area (Å²) in [4.78, 5) is 1.30. The number of nitrogens with zero attached hydrogens (tertiary/aromatic N) is 1. The Bertz CT molecular complexity index is 89.7. The fraction of sp³-hybridized carbons (Fsp3) is 1.00. The molecular weight excluding hydrogens is 137 g/mol. The Kier molecular flexibility index (Phi) is 6.54. The van der Waals surface area contributed by atoms with Crippen LogP contribution >= 0.6 is 0 Å². The van der Waals surface area contributed by atoms with Gasteiger partial charge in [-0.2, -0.15) is 0 Å². The monoisotopic (exact) mass is 149 g/mol. The van der Waals surface area contributed by atoms with Crippen LogP contribution in [0.2, 0.25) is 0 Å². The van der Waals surface area contributed by atoms with E-state index in [1.807, 2.05) is 0 Å². The Morgan fingerprint density at radius 2 is 1.50 bits per heavy atom. The summed E-state index contributed by atoms with van der Waals surface area (Å²) in [6.45, 7) is 1.30. The van der Waals surface area contributed by atoms with E-state index >= 15 is 0 Å². The van der Waals surface area contributed by atoms with Crippen molar-refractivity contribution in [3.8, 4) is 0 Å². The van der Waals surface area contributed by atoms with Crippen molar-refractivity contribution < 1.29 is 19.9 Å². The van der Waals surface area contributed by atoms with Crippen molar-refractivity contribution >= 4 is 7.35 Å². The summed E-state index contributed by atoms with van der Waals surface area (Å²) in [7, 11) is 2.92. The summed E-state index contributed by atoms with van der Waals surface area (Å²) in [5.74, 6) is -1.67. The summed E-state index contributed by atoms with van der Waals surface area (Å²) in [5.41, 5.74) is 0.